The first-order valence-corrected chi connectivity index (χ1v) is 8.43. The summed E-state index contributed by atoms with van der Waals surface area (Å²) in [5, 5.41) is 2.97. The molecule has 0 aliphatic heterocycles. The van der Waals surface area contributed by atoms with Gasteiger partial charge < -0.3 is 9.47 Å². The van der Waals surface area contributed by atoms with Crippen LogP contribution in [0.3, 0.4) is 0 Å². The number of methoxy groups -OCH3 is 1. The van der Waals surface area contributed by atoms with E-state index in [1.807, 2.05) is 17.5 Å². The molecule has 2 rings (SSSR count). The van der Waals surface area contributed by atoms with Crippen LogP contribution in [-0.2, 0) is 17.0 Å². The number of benzene rings is 1. The fourth-order valence-electron chi connectivity index (χ4n) is 1.96. The van der Waals surface area contributed by atoms with E-state index in [-0.39, 0.29) is 6.10 Å². The summed E-state index contributed by atoms with van der Waals surface area (Å²) in [5.41, 5.74) is 2.16. The van der Waals surface area contributed by atoms with Gasteiger partial charge in [0.25, 0.3) is 0 Å². The minimum atomic E-state index is -0.0169. The second kappa shape index (κ2) is 8.37. The first-order valence-electron chi connectivity index (χ1n) is 7.01. The highest BCUT2D eigenvalue weighted by Crippen LogP contribution is 2.27. The van der Waals surface area contributed by atoms with Crippen LogP contribution in [0.15, 0.2) is 29.6 Å². The van der Waals surface area contributed by atoms with Crippen molar-refractivity contribution in [1.82, 2.24) is 4.98 Å². The van der Waals surface area contributed by atoms with Crippen molar-refractivity contribution in [3.8, 4) is 5.75 Å². The molecule has 0 fully saturated rings. The van der Waals surface area contributed by atoms with Crippen LogP contribution in [0, 0.1) is 0 Å². The number of aromatic nitrogens is 1. The Balaban J connectivity index is 2.01. The number of alkyl halides is 1. The number of ether oxygens (including phenoxy) is 2. The summed E-state index contributed by atoms with van der Waals surface area (Å²) >= 11 is 7.40. The Bertz CT molecular complexity index is 541. The van der Waals surface area contributed by atoms with Gasteiger partial charge in [0.15, 0.2) is 0 Å². The molecule has 1 unspecified atom stereocenters. The van der Waals surface area contributed by atoms with Gasteiger partial charge in [0.2, 0.25) is 0 Å². The van der Waals surface area contributed by atoms with Crippen molar-refractivity contribution in [2.75, 3.05) is 13.7 Å². The molecule has 5 heteroatoms. The molecule has 1 heterocycles. The number of hydrogen-bond acceptors (Lipinski definition) is 4. The van der Waals surface area contributed by atoms with Crippen LogP contribution < -0.4 is 4.74 Å². The van der Waals surface area contributed by atoms with E-state index in [1.165, 1.54) is 5.56 Å². The van der Waals surface area contributed by atoms with Gasteiger partial charge in [-0.25, -0.2) is 4.98 Å². The lowest BCUT2D eigenvalue weighted by atomic mass is 10.1. The molecule has 0 radical (unpaired) electrons. The molecule has 0 saturated carbocycles. The van der Waals surface area contributed by atoms with E-state index < -0.39 is 0 Å². The fourth-order valence-corrected chi connectivity index (χ4v) is 3.12. The maximum Gasteiger partial charge on any atom is 0.150 e. The first-order chi connectivity index (χ1) is 10.3. The molecule has 1 atom stereocenters. The maximum absolute atomic E-state index is 6.04. The highest BCUT2D eigenvalue weighted by Gasteiger charge is 2.15. The predicted molar refractivity (Wildman–Crippen MR) is 87.4 cm³/mol. The van der Waals surface area contributed by atoms with E-state index in [0.717, 1.165) is 35.9 Å². The van der Waals surface area contributed by atoms with Gasteiger partial charge in [-0.1, -0.05) is 19.1 Å². The third-order valence-electron chi connectivity index (χ3n) is 3.15. The van der Waals surface area contributed by atoms with Gasteiger partial charge in [-0.2, -0.15) is 0 Å². The topological polar surface area (TPSA) is 31.4 Å². The second-order valence-electron chi connectivity index (χ2n) is 4.71. The lowest BCUT2D eigenvalue weighted by Crippen LogP contribution is -2.06. The molecule has 0 aliphatic rings. The largest absolute Gasteiger partial charge is 0.483 e. The Morgan fingerprint density at radius 2 is 2.05 bits per heavy atom. The Kier molecular flexibility index (Phi) is 6.49. The second-order valence-corrected chi connectivity index (χ2v) is 5.87. The normalized spacial score (nSPS) is 12.3. The van der Waals surface area contributed by atoms with E-state index in [1.54, 1.807) is 18.4 Å². The zero-order valence-corrected chi connectivity index (χ0v) is 13.9. The number of halogens is 1. The molecule has 114 valence electrons. The lowest BCUT2D eigenvalue weighted by Gasteiger charge is -2.15. The number of hydrogen-bond donors (Lipinski definition) is 0. The van der Waals surface area contributed by atoms with Crippen LogP contribution in [0.4, 0.5) is 0 Å². The van der Waals surface area contributed by atoms with Crippen molar-refractivity contribution in [1.29, 1.82) is 0 Å². The molecule has 3 nitrogen and oxygen atoms in total. The smallest absolute Gasteiger partial charge is 0.150 e. The predicted octanol–water partition coefficient (Wildman–Crippen LogP) is 4.60. The van der Waals surface area contributed by atoms with Crippen LogP contribution in [0.2, 0.25) is 0 Å². The van der Waals surface area contributed by atoms with Crippen molar-refractivity contribution >= 4 is 22.9 Å². The van der Waals surface area contributed by atoms with Gasteiger partial charge >= 0.3 is 0 Å². The summed E-state index contributed by atoms with van der Waals surface area (Å²) in [7, 11) is 1.71. The molecule has 0 bridgehead atoms. The number of nitrogens with zero attached hydrogens (tertiary/aromatic N) is 1. The third kappa shape index (κ3) is 4.70. The monoisotopic (exact) mass is 325 g/mol. The first kappa shape index (κ1) is 16.3. The Labute approximate surface area is 134 Å². The van der Waals surface area contributed by atoms with Crippen molar-refractivity contribution in [2.24, 2.45) is 0 Å². The maximum atomic E-state index is 6.04. The van der Waals surface area contributed by atoms with E-state index in [0.29, 0.717) is 5.88 Å². The quantitative estimate of drug-likeness (QED) is 0.665. The molecule has 1 aromatic carbocycles. The standard InChI is InChI=1S/C16H20ClNO2S/c1-3-15(16-18-13(10-17)11-21-16)20-14-6-4-12(5-7-14)8-9-19-2/h4-7,11,15H,3,8-10H2,1-2H3. The van der Waals surface area contributed by atoms with Gasteiger partial charge in [0, 0.05) is 12.5 Å². The summed E-state index contributed by atoms with van der Waals surface area (Å²) in [6, 6.07) is 8.16. The minimum absolute atomic E-state index is 0.0169. The van der Waals surface area contributed by atoms with Crippen molar-refractivity contribution in [2.45, 2.75) is 31.7 Å². The third-order valence-corrected chi connectivity index (χ3v) is 4.41. The Hall–Kier alpha value is -1.10. The van der Waals surface area contributed by atoms with E-state index >= 15 is 0 Å². The van der Waals surface area contributed by atoms with Crippen LogP contribution in [0.1, 0.15) is 35.7 Å². The van der Waals surface area contributed by atoms with Crippen LogP contribution in [0.25, 0.3) is 0 Å². The Morgan fingerprint density at radius 3 is 2.62 bits per heavy atom. The molecule has 0 saturated heterocycles. The fraction of sp³-hybridized carbons (Fsp3) is 0.438. The summed E-state index contributed by atoms with van der Waals surface area (Å²) in [5.74, 6) is 1.31. The summed E-state index contributed by atoms with van der Waals surface area (Å²) in [6.07, 6.45) is 1.78. The molecule has 0 amide bonds. The van der Waals surface area contributed by atoms with Crippen LogP contribution in [-0.4, -0.2) is 18.7 Å². The van der Waals surface area contributed by atoms with Crippen molar-refractivity contribution < 1.29 is 9.47 Å². The van der Waals surface area contributed by atoms with E-state index in [9.17, 15) is 0 Å². The van der Waals surface area contributed by atoms with Crippen molar-refractivity contribution in [3.63, 3.8) is 0 Å². The number of thiazole rings is 1. The van der Waals surface area contributed by atoms with Crippen molar-refractivity contribution in [3.05, 3.63) is 45.9 Å². The van der Waals surface area contributed by atoms with Gasteiger partial charge in [0.1, 0.15) is 16.9 Å². The van der Waals surface area contributed by atoms with Gasteiger partial charge in [0.05, 0.1) is 18.2 Å². The van der Waals surface area contributed by atoms with Gasteiger partial charge in [-0.3, -0.25) is 0 Å². The molecule has 1 aromatic heterocycles. The number of rotatable bonds is 8. The lowest BCUT2D eigenvalue weighted by molar-refractivity contribution is 0.199. The van der Waals surface area contributed by atoms with Gasteiger partial charge in [-0.05, 0) is 30.5 Å². The summed E-state index contributed by atoms with van der Waals surface area (Å²) < 4.78 is 11.1. The molecule has 21 heavy (non-hydrogen) atoms. The van der Waals surface area contributed by atoms with Crippen LogP contribution >= 0.6 is 22.9 Å². The highest BCUT2D eigenvalue weighted by molar-refractivity contribution is 7.09. The molecule has 0 N–H and O–H groups in total. The molecule has 0 aliphatic carbocycles. The molecule has 2 aromatic rings. The zero-order chi connectivity index (χ0) is 15.1. The minimum Gasteiger partial charge on any atom is -0.483 e. The van der Waals surface area contributed by atoms with E-state index in [4.69, 9.17) is 21.1 Å². The summed E-state index contributed by atoms with van der Waals surface area (Å²) in [4.78, 5) is 4.50. The molecular formula is C16H20ClNO2S. The van der Waals surface area contributed by atoms with Crippen LogP contribution in [0.5, 0.6) is 5.75 Å². The SMILES string of the molecule is CCC(Oc1ccc(CCOC)cc1)c1nc(CCl)cs1. The zero-order valence-electron chi connectivity index (χ0n) is 12.3. The average Bonchev–Trinajstić information content (AvgIpc) is 3.00. The highest BCUT2D eigenvalue weighted by atomic mass is 35.5. The average molecular weight is 326 g/mol. The molecular weight excluding hydrogens is 306 g/mol. The Morgan fingerprint density at radius 1 is 1.29 bits per heavy atom. The summed E-state index contributed by atoms with van der Waals surface area (Å²) in [6.45, 7) is 2.83. The molecule has 0 spiro atoms. The van der Waals surface area contributed by atoms with Gasteiger partial charge in [-0.15, -0.1) is 22.9 Å². The van der Waals surface area contributed by atoms with E-state index in [2.05, 4.69) is 24.0 Å².